The SMILES string of the molecule is CCCN(CCN(CCN(CCNCC(=O)O)CC(=O)O)Cc1cc2ccccc2c[n+]1[O-])CC(=O)O. The first-order valence-corrected chi connectivity index (χ1v) is 12.3. The highest BCUT2D eigenvalue weighted by Crippen LogP contribution is 2.13. The summed E-state index contributed by atoms with van der Waals surface area (Å²) in [6.45, 7) is 4.83. The summed E-state index contributed by atoms with van der Waals surface area (Å²) in [4.78, 5) is 38.9. The standard InChI is InChI=1S/C25H37N5O7/c1-2-8-27(18-24(33)34)10-12-29(13-11-28(19-25(35)36)9-7-26-15-23(31)32)17-22-14-20-5-3-4-6-21(20)16-30(22)37/h3-6,14,16,26H,2,7-13,15,17-19H2,1H3,(H,31,32)(H,33,34)(H,35,36). The van der Waals surface area contributed by atoms with Crippen LogP contribution < -0.4 is 10.0 Å². The Kier molecular flexibility index (Phi) is 12.7. The number of pyridine rings is 1. The van der Waals surface area contributed by atoms with Crippen molar-refractivity contribution >= 4 is 28.7 Å². The van der Waals surface area contributed by atoms with Gasteiger partial charge in [-0.05, 0) is 24.4 Å². The maximum atomic E-state index is 12.7. The Hall–Kier alpha value is -3.32. The minimum Gasteiger partial charge on any atom is -0.618 e. The van der Waals surface area contributed by atoms with Crippen LogP contribution in [0.3, 0.4) is 0 Å². The van der Waals surface area contributed by atoms with Crippen LogP contribution in [0.25, 0.3) is 10.8 Å². The van der Waals surface area contributed by atoms with Crippen molar-refractivity contribution in [1.82, 2.24) is 20.0 Å². The molecule has 0 saturated heterocycles. The molecule has 0 aliphatic rings. The Labute approximate surface area is 216 Å². The van der Waals surface area contributed by atoms with Gasteiger partial charge in [-0.3, -0.25) is 29.1 Å². The van der Waals surface area contributed by atoms with E-state index in [0.29, 0.717) is 58.1 Å². The number of aliphatic carboxylic acids is 3. The molecular formula is C25H37N5O7. The first-order chi connectivity index (χ1) is 17.7. The van der Waals surface area contributed by atoms with Crippen molar-refractivity contribution in [2.75, 3.05) is 65.4 Å². The Morgan fingerprint density at radius 2 is 1.41 bits per heavy atom. The lowest BCUT2D eigenvalue weighted by molar-refractivity contribution is -0.613. The second kappa shape index (κ2) is 15.7. The maximum Gasteiger partial charge on any atom is 0.317 e. The molecule has 0 spiro atoms. The molecule has 4 N–H and O–H groups in total. The van der Waals surface area contributed by atoms with E-state index in [-0.39, 0.29) is 19.6 Å². The molecule has 1 aromatic heterocycles. The molecule has 0 unspecified atom stereocenters. The molecule has 0 aliphatic heterocycles. The fourth-order valence-electron chi connectivity index (χ4n) is 4.06. The van der Waals surface area contributed by atoms with Gasteiger partial charge in [-0.15, -0.1) is 0 Å². The highest BCUT2D eigenvalue weighted by atomic mass is 16.5. The van der Waals surface area contributed by atoms with E-state index in [1.54, 1.807) is 4.90 Å². The third-order valence-corrected chi connectivity index (χ3v) is 5.85. The highest BCUT2D eigenvalue weighted by Gasteiger charge is 2.18. The van der Waals surface area contributed by atoms with Crippen LogP contribution in [0.5, 0.6) is 0 Å². The van der Waals surface area contributed by atoms with Crippen LogP contribution in [-0.4, -0.2) is 113 Å². The van der Waals surface area contributed by atoms with Crippen molar-refractivity contribution < 1.29 is 34.4 Å². The minimum atomic E-state index is -0.993. The van der Waals surface area contributed by atoms with Crippen molar-refractivity contribution in [3.8, 4) is 0 Å². The number of aromatic nitrogens is 1. The van der Waals surface area contributed by atoms with Crippen LogP contribution in [0.1, 0.15) is 19.0 Å². The van der Waals surface area contributed by atoms with Gasteiger partial charge in [0.2, 0.25) is 5.69 Å². The van der Waals surface area contributed by atoms with Crippen LogP contribution in [0.15, 0.2) is 36.5 Å². The second-order valence-electron chi connectivity index (χ2n) is 8.91. The summed E-state index contributed by atoms with van der Waals surface area (Å²) in [6.07, 6.45) is 2.33. The summed E-state index contributed by atoms with van der Waals surface area (Å²) in [5.74, 6) is -2.89. The van der Waals surface area contributed by atoms with Gasteiger partial charge in [0.15, 0.2) is 6.20 Å². The predicted molar refractivity (Wildman–Crippen MR) is 137 cm³/mol. The van der Waals surface area contributed by atoms with Gasteiger partial charge in [0.1, 0.15) is 0 Å². The van der Waals surface area contributed by atoms with Gasteiger partial charge in [0, 0.05) is 50.7 Å². The normalized spacial score (nSPS) is 11.6. The number of carbonyl (C=O) groups is 3. The van der Waals surface area contributed by atoms with Crippen LogP contribution in [0.2, 0.25) is 0 Å². The summed E-state index contributed by atoms with van der Waals surface area (Å²) in [7, 11) is 0. The van der Waals surface area contributed by atoms with Gasteiger partial charge >= 0.3 is 17.9 Å². The van der Waals surface area contributed by atoms with E-state index in [0.717, 1.165) is 21.9 Å². The molecule has 0 saturated carbocycles. The average Bonchev–Trinajstić information content (AvgIpc) is 2.82. The molecule has 12 heteroatoms. The van der Waals surface area contributed by atoms with Gasteiger partial charge in [-0.1, -0.05) is 25.1 Å². The van der Waals surface area contributed by atoms with Crippen molar-refractivity contribution in [3.05, 3.63) is 47.4 Å². The Morgan fingerprint density at radius 3 is 1.97 bits per heavy atom. The predicted octanol–water partition coefficient (Wildman–Crippen LogP) is 0.133. The van der Waals surface area contributed by atoms with E-state index in [1.165, 1.54) is 6.20 Å². The lowest BCUT2D eigenvalue weighted by Crippen LogP contribution is -2.45. The molecule has 0 bridgehead atoms. The molecule has 1 heterocycles. The smallest absolute Gasteiger partial charge is 0.317 e. The summed E-state index contributed by atoms with van der Waals surface area (Å²) < 4.78 is 0.835. The van der Waals surface area contributed by atoms with E-state index in [9.17, 15) is 29.8 Å². The van der Waals surface area contributed by atoms with Gasteiger partial charge in [-0.2, -0.15) is 4.73 Å². The fraction of sp³-hybridized carbons (Fsp3) is 0.520. The van der Waals surface area contributed by atoms with Crippen molar-refractivity contribution in [3.63, 3.8) is 0 Å². The van der Waals surface area contributed by atoms with E-state index >= 15 is 0 Å². The molecule has 0 radical (unpaired) electrons. The molecule has 1 aromatic carbocycles. The molecule has 0 atom stereocenters. The van der Waals surface area contributed by atoms with E-state index < -0.39 is 17.9 Å². The van der Waals surface area contributed by atoms with Crippen molar-refractivity contribution in [2.45, 2.75) is 19.9 Å². The first-order valence-electron chi connectivity index (χ1n) is 12.3. The lowest BCUT2D eigenvalue weighted by Gasteiger charge is -2.28. The number of hydrogen-bond donors (Lipinski definition) is 4. The summed E-state index contributed by atoms with van der Waals surface area (Å²) in [6, 6.07) is 9.39. The number of nitrogens with one attached hydrogen (secondary N) is 1. The zero-order valence-corrected chi connectivity index (χ0v) is 21.2. The molecular weight excluding hydrogens is 482 g/mol. The van der Waals surface area contributed by atoms with Gasteiger partial charge < -0.3 is 25.8 Å². The minimum absolute atomic E-state index is 0.0837. The number of carboxylic acid groups (broad SMARTS) is 3. The summed E-state index contributed by atoms with van der Waals surface area (Å²) in [5.41, 5.74) is 0.534. The quantitative estimate of drug-likeness (QED) is 0.113. The van der Waals surface area contributed by atoms with Crippen molar-refractivity contribution in [2.24, 2.45) is 0 Å². The summed E-state index contributed by atoms with van der Waals surface area (Å²) >= 11 is 0. The van der Waals surface area contributed by atoms with Gasteiger partial charge in [0.25, 0.3) is 0 Å². The van der Waals surface area contributed by atoms with Crippen LogP contribution in [0.4, 0.5) is 0 Å². The lowest BCUT2D eigenvalue weighted by atomic mass is 10.1. The molecule has 12 nitrogen and oxygen atoms in total. The first kappa shape index (κ1) is 29.9. The Balaban J connectivity index is 2.14. The number of nitrogens with zero attached hydrogens (tertiary/aromatic N) is 4. The van der Waals surface area contributed by atoms with E-state index in [1.807, 2.05) is 47.1 Å². The van der Waals surface area contributed by atoms with Crippen molar-refractivity contribution in [1.29, 1.82) is 0 Å². The number of benzene rings is 1. The zero-order valence-electron chi connectivity index (χ0n) is 21.2. The van der Waals surface area contributed by atoms with Crippen LogP contribution in [0, 0.1) is 5.21 Å². The molecule has 2 rings (SSSR count). The summed E-state index contributed by atoms with van der Waals surface area (Å²) in [5, 5.41) is 44.6. The van der Waals surface area contributed by atoms with Crippen LogP contribution >= 0.6 is 0 Å². The number of fused-ring (bicyclic) bond motifs is 1. The Bertz CT molecular complexity index is 1040. The molecule has 0 fully saturated rings. The monoisotopic (exact) mass is 519 g/mol. The van der Waals surface area contributed by atoms with Crippen LogP contribution in [-0.2, 0) is 20.9 Å². The third kappa shape index (κ3) is 11.5. The van der Waals surface area contributed by atoms with E-state index in [4.69, 9.17) is 5.11 Å². The number of hydrogen-bond acceptors (Lipinski definition) is 8. The molecule has 37 heavy (non-hydrogen) atoms. The number of rotatable bonds is 19. The van der Waals surface area contributed by atoms with Gasteiger partial charge in [0.05, 0.1) is 26.2 Å². The van der Waals surface area contributed by atoms with E-state index in [2.05, 4.69) is 5.32 Å². The maximum absolute atomic E-state index is 12.7. The Morgan fingerprint density at radius 1 is 0.838 bits per heavy atom. The zero-order chi connectivity index (χ0) is 27.2. The second-order valence-corrected chi connectivity index (χ2v) is 8.91. The topological polar surface area (TPSA) is 161 Å². The number of carboxylic acids is 3. The largest absolute Gasteiger partial charge is 0.618 e. The van der Waals surface area contributed by atoms with Gasteiger partial charge in [-0.25, -0.2) is 0 Å². The highest BCUT2D eigenvalue weighted by molar-refractivity contribution is 5.81. The molecule has 2 aromatic rings. The molecule has 204 valence electrons. The molecule has 0 amide bonds. The molecule has 0 aliphatic carbocycles. The fourth-order valence-corrected chi connectivity index (χ4v) is 4.06. The third-order valence-electron chi connectivity index (χ3n) is 5.85. The average molecular weight is 520 g/mol.